The Hall–Kier alpha value is -9.43. The van der Waals surface area contributed by atoms with Gasteiger partial charge in [-0.2, -0.15) is 23.7 Å². The number of halogens is 3. The highest BCUT2D eigenvalue weighted by Gasteiger charge is 2.32. The number of aromatic nitrogens is 2. The molecule has 12 aromatic rings. The molecule has 0 aliphatic heterocycles. The summed E-state index contributed by atoms with van der Waals surface area (Å²) in [4.78, 5) is 0. The Bertz CT molecular complexity index is 4110. The summed E-state index contributed by atoms with van der Waals surface area (Å²) in [5, 5.41) is 25.2. The van der Waals surface area contributed by atoms with Crippen LogP contribution in [0.25, 0.3) is 111 Å². The number of nitrogens with zero attached hydrogens (tertiary/aromatic N) is 4. The van der Waals surface area contributed by atoms with E-state index in [0.717, 1.165) is 123 Å². The Labute approximate surface area is 426 Å². The van der Waals surface area contributed by atoms with E-state index < -0.39 is 11.7 Å². The molecule has 12 rings (SSSR count). The standard InChI is InChI=1S/C67H45F3N4/c1-40-5-13-45(14-6-40)49-21-25-61-57(32-49)58-33-50(46-15-7-41(2)8-16-46)22-26-62(58)73(61)65-36-54(39-72)56(53-29-44(38-71)30-55(31-53)67(68,69)70)37-66(65)74-63-27-23-51(47-17-9-42(3)10-18-47)34-59(63)60-35-52(24-28-64(60)74)48-19-11-43(4)12-20-48/h5-37H,1-4H3. The summed E-state index contributed by atoms with van der Waals surface area (Å²) in [6, 6.07) is 71.0. The minimum atomic E-state index is -4.74. The van der Waals surface area contributed by atoms with E-state index in [4.69, 9.17) is 0 Å². The summed E-state index contributed by atoms with van der Waals surface area (Å²) < 4.78 is 48.3. The normalized spacial score (nSPS) is 11.7. The molecule has 4 nitrogen and oxygen atoms in total. The molecule has 0 aliphatic rings. The number of fused-ring (bicyclic) bond motifs is 6. The van der Waals surface area contributed by atoms with Gasteiger partial charge >= 0.3 is 6.18 Å². The zero-order valence-corrected chi connectivity index (χ0v) is 41.0. The summed E-state index contributed by atoms with van der Waals surface area (Å²) >= 11 is 0. The lowest BCUT2D eigenvalue weighted by Crippen LogP contribution is -2.07. The Morgan fingerprint density at radius 3 is 0.973 bits per heavy atom. The lowest BCUT2D eigenvalue weighted by molar-refractivity contribution is -0.137. The largest absolute Gasteiger partial charge is 0.416 e. The minimum Gasteiger partial charge on any atom is -0.307 e. The first-order valence-electron chi connectivity index (χ1n) is 24.5. The van der Waals surface area contributed by atoms with Crippen molar-refractivity contribution in [1.82, 2.24) is 9.13 Å². The highest BCUT2D eigenvalue weighted by Crippen LogP contribution is 2.45. The molecule has 354 valence electrons. The minimum absolute atomic E-state index is 0.109. The van der Waals surface area contributed by atoms with Crippen molar-refractivity contribution in [3.8, 4) is 79.1 Å². The maximum absolute atomic E-state index is 14.7. The van der Waals surface area contributed by atoms with Gasteiger partial charge in [-0.1, -0.05) is 144 Å². The molecule has 0 bridgehead atoms. The zero-order chi connectivity index (χ0) is 51.0. The molecule has 2 aromatic heterocycles. The Kier molecular flexibility index (Phi) is 10.9. The maximum Gasteiger partial charge on any atom is 0.416 e. The van der Waals surface area contributed by atoms with Crippen molar-refractivity contribution in [1.29, 1.82) is 10.5 Å². The van der Waals surface area contributed by atoms with Crippen molar-refractivity contribution in [2.45, 2.75) is 33.9 Å². The average molecular weight is 963 g/mol. The quantitative estimate of drug-likeness (QED) is 0.160. The second kappa shape index (κ2) is 17.7. The summed E-state index contributed by atoms with van der Waals surface area (Å²) in [5.41, 5.74) is 17.2. The van der Waals surface area contributed by atoms with Crippen LogP contribution >= 0.6 is 0 Å². The molecule has 0 unspecified atom stereocenters. The second-order valence-electron chi connectivity index (χ2n) is 19.5. The summed E-state index contributed by atoms with van der Waals surface area (Å²) in [5.74, 6) is 0. The Balaban J connectivity index is 1.21. The first-order valence-corrected chi connectivity index (χ1v) is 24.5. The van der Waals surface area contributed by atoms with Crippen molar-refractivity contribution >= 4 is 43.6 Å². The molecule has 0 N–H and O–H groups in total. The van der Waals surface area contributed by atoms with Gasteiger partial charge in [0.2, 0.25) is 0 Å². The Morgan fingerprint density at radius 1 is 0.338 bits per heavy atom. The third-order valence-corrected chi connectivity index (χ3v) is 14.5. The van der Waals surface area contributed by atoms with Gasteiger partial charge in [0.15, 0.2) is 0 Å². The monoisotopic (exact) mass is 962 g/mol. The second-order valence-corrected chi connectivity index (χ2v) is 19.5. The van der Waals surface area contributed by atoms with Crippen LogP contribution in [0.1, 0.15) is 38.9 Å². The fraction of sp³-hybridized carbons (Fsp3) is 0.0746. The number of alkyl halides is 3. The van der Waals surface area contributed by atoms with Crippen molar-refractivity contribution < 1.29 is 13.2 Å². The molecule has 2 heterocycles. The van der Waals surface area contributed by atoms with Gasteiger partial charge < -0.3 is 9.13 Å². The summed E-state index contributed by atoms with van der Waals surface area (Å²) in [7, 11) is 0. The number of aryl methyl sites for hydroxylation is 4. The van der Waals surface area contributed by atoms with E-state index in [1.165, 1.54) is 6.07 Å². The molecule has 0 spiro atoms. The van der Waals surface area contributed by atoms with Gasteiger partial charge in [0.25, 0.3) is 0 Å². The van der Waals surface area contributed by atoms with E-state index in [-0.39, 0.29) is 22.3 Å². The van der Waals surface area contributed by atoms with Gasteiger partial charge in [-0.05, 0) is 157 Å². The van der Waals surface area contributed by atoms with Crippen LogP contribution in [-0.2, 0) is 6.18 Å². The lowest BCUT2D eigenvalue weighted by Gasteiger charge is -2.20. The highest BCUT2D eigenvalue weighted by molar-refractivity contribution is 6.14. The van der Waals surface area contributed by atoms with Crippen LogP contribution in [0.4, 0.5) is 13.2 Å². The van der Waals surface area contributed by atoms with E-state index in [9.17, 15) is 23.7 Å². The van der Waals surface area contributed by atoms with Crippen LogP contribution in [-0.4, -0.2) is 9.13 Å². The number of benzene rings is 10. The topological polar surface area (TPSA) is 57.4 Å². The van der Waals surface area contributed by atoms with Gasteiger partial charge in [-0.15, -0.1) is 0 Å². The van der Waals surface area contributed by atoms with Gasteiger partial charge in [-0.25, -0.2) is 0 Å². The van der Waals surface area contributed by atoms with Gasteiger partial charge in [0, 0.05) is 27.1 Å². The fourth-order valence-electron chi connectivity index (χ4n) is 10.5. The first-order chi connectivity index (χ1) is 35.8. The third-order valence-electron chi connectivity index (χ3n) is 14.5. The van der Waals surface area contributed by atoms with Gasteiger partial charge in [-0.3, -0.25) is 0 Å². The van der Waals surface area contributed by atoms with Crippen LogP contribution < -0.4 is 0 Å². The van der Waals surface area contributed by atoms with Crippen LogP contribution in [0, 0.1) is 50.4 Å². The first kappa shape index (κ1) is 45.7. The zero-order valence-electron chi connectivity index (χ0n) is 41.0. The molecule has 0 amide bonds. The molecule has 0 aliphatic carbocycles. The van der Waals surface area contributed by atoms with Crippen molar-refractivity contribution in [2.24, 2.45) is 0 Å². The molecule has 74 heavy (non-hydrogen) atoms. The highest BCUT2D eigenvalue weighted by atomic mass is 19.4. The molecule has 7 heteroatoms. The van der Waals surface area contributed by atoms with Crippen LogP contribution in [0.2, 0.25) is 0 Å². The SMILES string of the molecule is Cc1ccc(-c2ccc3c(c2)c2cc(-c4ccc(C)cc4)ccc2n3-c2cc(C#N)c(-c3cc(C#N)cc(C(F)(F)F)c3)cc2-n2c3ccc(-c4ccc(C)cc4)cc3c3cc(-c4ccc(C)cc4)ccc32)cc1. The predicted octanol–water partition coefficient (Wildman–Crippen LogP) is 18.2. The van der Waals surface area contributed by atoms with E-state index >= 15 is 0 Å². The third kappa shape index (κ3) is 7.96. The molecular weight excluding hydrogens is 918 g/mol. The van der Waals surface area contributed by atoms with Gasteiger partial charge in [0.1, 0.15) is 0 Å². The van der Waals surface area contributed by atoms with E-state index in [0.29, 0.717) is 11.4 Å². The predicted molar refractivity (Wildman–Crippen MR) is 296 cm³/mol. The molecule has 0 fully saturated rings. The van der Waals surface area contributed by atoms with Gasteiger partial charge in [0.05, 0.1) is 62.3 Å². The van der Waals surface area contributed by atoms with Crippen LogP contribution in [0.15, 0.2) is 200 Å². The molecule has 0 saturated carbocycles. The smallest absolute Gasteiger partial charge is 0.307 e. The number of hydrogen-bond acceptors (Lipinski definition) is 2. The van der Waals surface area contributed by atoms with Crippen molar-refractivity contribution in [3.63, 3.8) is 0 Å². The van der Waals surface area contributed by atoms with E-state index in [2.05, 4.69) is 213 Å². The molecular formula is C67H45F3N4. The molecule has 0 atom stereocenters. The van der Waals surface area contributed by atoms with E-state index in [1.54, 1.807) is 6.07 Å². The maximum atomic E-state index is 14.7. The van der Waals surface area contributed by atoms with Crippen molar-refractivity contribution in [3.05, 3.63) is 239 Å². The number of hydrogen-bond donors (Lipinski definition) is 0. The lowest BCUT2D eigenvalue weighted by atomic mass is 9.94. The average Bonchev–Trinajstić information content (AvgIpc) is 3.95. The molecule has 0 saturated heterocycles. The fourth-order valence-corrected chi connectivity index (χ4v) is 10.5. The summed E-state index contributed by atoms with van der Waals surface area (Å²) in [6.07, 6.45) is -4.74. The van der Waals surface area contributed by atoms with Crippen LogP contribution in [0.3, 0.4) is 0 Å². The number of rotatable bonds is 7. The van der Waals surface area contributed by atoms with E-state index in [1.807, 2.05) is 12.1 Å². The van der Waals surface area contributed by atoms with Crippen molar-refractivity contribution in [2.75, 3.05) is 0 Å². The molecule has 10 aromatic carbocycles. The number of nitriles is 2. The summed E-state index contributed by atoms with van der Waals surface area (Å²) in [6.45, 7) is 8.29. The molecule has 0 radical (unpaired) electrons. The van der Waals surface area contributed by atoms with Crippen LogP contribution in [0.5, 0.6) is 0 Å². The Morgan fingerprint density at radius 2 is 0.662 bits per heavy atom.